The molecule has 0 aliphatic heterocycles. The first-order valence-corrected chi connectivity index (χ1v) is 5.34. The first kappa shape index (κ1) is 9.44. The highest BCUT2D eigenvalue weighted by Gasteiger charge is 2.20. The minimum absolute atomic E-state index is 0.833. The van der Waals surface area contributed by atoms with Gasteiger partial charge < -0.3 is 5.32 Å². The molecule has 1 aliphatic rings. The van der Waals surface area contributed by atoms with Crippen molar-refractivity contribution in [2.45, 2.75) is 26.2 Å². The van der Waals surface area contributed by atoms with Crippen LogP contribution < -0.4 is 5.32 Å². The Morgan fingerprint density at radius 1 is 1.50 bits per heavy atom. The third kappa shape index (κ3) is 2.44. The molecule has 1 aliphatic carbocycles. The van der Waals surface area contributed by atoms with Crippen molar-refractivity contribution in [3.8, 4) is 0 Å². The molecule has 0 aromatic carbocycles. The van der Waals surface area contributed by atoms with E-state index in [0.717, 1.165) is 24.2 Å². The first-order valence-electron chi connectivity index (χ1n) is 5.34. The van der Waals surface area contributed by atoms with Crippen molar-refractivity contribution in [2.24, 2.45) is 11.8 Å². The van der Waals surface area contributed by atoms with Crippen LogP contribution in [0.5, 0.6) is 0 Å². The molecule has 2 unspecified atom stereocenters. The number of aromatic nitrogens is 2. The van der Waals surface area contributed by atoms with Crippen molar-refractivity contribution in [3.63, 3.8) is 0 Å². The molecule has 0 spiro atoms. The molecule has 2 atom stereocenters. The van der Waals surface area contributed by atoms with Crippen LogP contribution in [0.15, 0.2) is 18.6 Å². The first-order chi connectivity index (χ1) is 6.84. The van der Waals surface area contributed by atoms with E-state index in [1.165, 1.54) is 19.3 Å². The Morgan fingerprint density at radius 3 is 3.07 bits per heavy atom. The van der Waals surface area contributed by atoms with E-state index in [0.29, 0.717) is 0 Å². The van der Waals surface area contributed by atoms with Gasteiger partial charge in [0, 0.05) is 12.7 Å². The fraction of sp³-hybridized carbons (Fsp3) is 0.636. The normalized spacial score (nSPS) is 26.4. The Kier molecular flexibility index (Phi) is 2.96. The van der Waals surface area contributed by atoms with Gasteiger partial charge in [-0.05, 0) is 30.7 Å². The summed E-state index contributed by atoms with van der Waals surface area (Å²) in [5.41, 5.74) is 0. The molecule has 1 heterocycles. The Bertz CT molecular complexity index is 273. The van der Waals surface area contributed by atoms with Crippen molar-refractivity contribution in [2.75, 3.05) is 11.9 Å². The molecule has 76 valence electrons. The molecule has 1 saturated carbocycles. The Hall–Kier alpha value is -1.12. The highest BCUT2D eigenvalue weighted by atomic mass is 15.0. The molecule has 0 amide bonds. The fourth-order valence-electron chi connectivity index (χ4n) is 2.15. The maximum Gasteiger partial charge on any atom is 0.129 e. The smallest absolute Gasteiger partial charge is 0.129 e. The van der Waals surface area contributed by atoms with Crippen molar-refractivity contribution >= 4 is 5.82 Å². The highest BCUT2D eigenvalue weighted by molar-refractivity contribution is 5.31. The van der Waals surface area contributed by atoms with Crippen LogP contribution in [-0.2, 0) is 0 Å². The third-order valence-electron chi connectivity index (χ3n) is 2.96. The summed E-state index contributed by atoms with van der Waals surface area (Å²) < 4.78 is 0. The number of hydrogen-bond donors (Lipinski definition) is 1. The number of rotatable bonds is 3. The summed E-state index contributed by atoms with van der Waals surface area (Å²) in [6.45, 7) is 3.39. The lowest BCUT2D eigenvalue weighted by atomic mass is 10.1. The lowest BCUT2D eigenvalue weighted by Gasteiger charge is -2.10. The lowest BCUT2D eigenvalue weighted by Crippen LogP contribution is -2.12. The zero-order valence-corrected chi connectivity index (χ0v) is 8.61. The van der Waals surface area contributed by atoms with Gasteiger partial charge in [0.2, 0.25) is 0 Å². The van der Waals surface area contributed by atoms with Gasteiger partial charge in [-0.25, -0.2) is 9.97 Å². The second kappa shape index (κ2) is 4.40. The number of nitrogens with zero attached hydrogens (tertiary/aromatic N) is 2. The topological polar surface area (TPSA) is 37.8 Å². The summed E-state index contributed by atoms with van der Waals surface area (Å²) in [6.07, 6.45) is 7.46. The summed E-state index contributed by atoms with van der Waals surface area (Å²) in [6, 6.07) is 1.92. The predicted molar refractivity (Wildman–Crippen MR) is 57.0 cm³/mol. The van der Waals surface area contributed by atoms with Crippen molar-refractivity contribution in [1.29, 1.82) is 0 Å². The van der Waals surface area contributed by atoms with E-state index in [4.69, 9.17) is 0 Å². The average Bonchev–Trinajstić information content (AvgIpc) is 2.63. The van der Waals surface area contributed by atoms with Crippen LogP contribution in [0.4, 0.5) is 5.82 Å². The van der Waals surface area contributed by atoms with Gasteiger partial charge in [0.25, 0.3) is 0 Å². The van der Waals surface area contributed by atoms with Gasteiger partial charge in [-0.3, -0.25) is 0 Å². The van der Waals surface area contributed by atoms with Gasteiger partial charge in [-0.15, -0.1) is 0 Å². The number of nitrogens with one attached hydrogen (secondary N) is 1. The molecule has 1 N–H and O–H groups in total. The van der Waals surface area contributed by atoms with Gasteiger partial charge in [0.15, 0.2) is 0 Å². The standard InChI is InChI=1S/C11H17N3/c1-9-2-3-10(6-9)7-13-11-4-5-12-8-14-11/h4-5,8-10H,2-3,6-7H2,1H3,(H,12,13,14). The summed E-state index contributed by atoms with van der Waals surface area (Å²) in [5, 5.41) is 3.36. The summed E-state index contributed by atoms with van der Waals surface area (Å²) in [5.74, 6) is 2.69. The Labute approximate surface area is 85.0 Å². The quantitative estimate of drug-likeness (QED) is 0.796. The predicted octanol–water partition coefficient (Wildman–Crippen LogP) is 2.32. The fourth-order valence-corrected chi connectivity index (χ4v) is 2.15. The van der Waals surface area contributed by atoms with Gasteiger partial charge in [0.05, 0.1) is 0 Å². The van der Waals surface area contributed by atoms with Gasteiger partial charge >= 0.3 is 0 Å². The molecule has 3 heteroatoms. The zero-order valence-electron chi connectivity index (χ0n) is 8.61. The molecule has 1 aromatic heterocycles. The Morgan fingerprint density at radius 2 is 2.43 bits per heavy atom. The molecule has 1 fully saturated rings. The molecule has 0 saturated heterocycles. The van der Waals surface area contributed by atoms with Crippen molar-refractivity contribution in [3.05, 3.63) is 18.6 Å². The van der Waals surface area contributed by atoms with Crippen LogP contribution in [-0.4, -0.2) is 16.5 Å². The second-order valence-electron chi connectivity index (χ2n) is 4.26. The third-order valence-corrected chi connectivity index (χ3v) is 2.96. The largest absolute Gasteiger partial charge is 0.370 e. The minimum Gasteiger partial charge on any atom is -0.370 e. The van der Waals surface area contributed by atoms with Gasteiger partial charge in [-0.1, -0.05) is 13.3 Å². The number of hydrogen-bond acceptors (Lipinski definition) is 3. The van der Waals surface area contributed by atoms with Crippen LogP contribution in [0.25, 0.3) is 0 Å². The van der Waals surface area contributed by atoms with Crippen LogP contribution >= 0.6 is 0 Å². The van der Waals surface area contributed by atoms with Crippen LogP contribution in [0.2, 0.25) is 0 Å². The maximum atomic E-state index is 4.14. The molecule has 0 radical (unpaired) electrons. The zero-order chi connectivity index (χ0) is 9.80. The van der Waals surface area contributed by atoms with E-state index in [9.17, 15) is 0 Å². The van der Waals surface area contributed by atoms with E-state index in [2.05, 4.69) is 22.2 Å². The van der Waals surface area contributed by atoms with E-state index in [1.807, 2.05) is 6.07 Å². The van der Waals surface area contributed by atoms with E-state index >= 15 is 0 Å². The Balaban J connectivity index is 1.78. The van der Waals surface area contributed by atoms with Crippen LogP contribution in [0.1, 0.15) is 26.2 Å². The van der Waals surface area contributed by atoms with E-state index in [-0.39, 0.29) is 0 Å². The molecule has 2 rings (SSSR count). The van der Waals surface area contributed by atoms with Gasteiger partial charge in [0.1, 0.15) is 12.1 Å². The van der Waals surface area contributed by atoms with E-state index < -0.39 is 0 Å². The number of anilines is 1. The molecular formula is C11H17N3. The SMILES string of the molecule is CC1CCC(CNc2ccncn2)C1. The lowest BCUT2D eigenvalue weighted by molar-refractivity contribution is 0.536. The molecule has 0 bridgehead atoms. The molecular weight excluding hydrogens is 174 g/mol. The van der Waals surface area contributed by atoms with E-state index in [1.54, 1.807) is 12.5 Å². The minimum atomic E-state index is 0.833. The summed E-state index contributed by atoms with van der Waals surface area (Å²) in [7, 11) is 0. The average molecular weight is 191 g/mol. The monoisotopic (exact) mass is 191 g/mol. The maximum absolute atomic E-state index is 4.14. The van der Waals surface area contributed by atoms with Crippen LogP contribution in [0.3, 0.4) is 0 Å². The molecule has 1 aromatic rings. The van der Waals surface area contributed by atoms with Crippen molar-refractivity contribution < 1.29 is 0 Å². The van der Waals surface area contributed by atoms with Crippen LogP contribution in [0, 0.1) is 11.8 Å². The summed E-state index contributed by atoms with van der Waals surface area (Å²) >= 11 is 0. The molecule has 3 nitrogen and oxygen atoms in total. The van der Waals surface area contributed by atoms with Gasteiger partial charge in [-0.2, -0.15) is 0 Å². The highest BCUT2D eigenvalue weighted by Crippen LogP contribution is 2.30. The second-order valence-corrected chi connectivity index (χ2v) is 4.26. The summed E-state index contributed by atoms with van der Waals surface area (Å²) in [4.78, 5) is 8.02. The molecule has 14 heavy (non-hydrogen) atoms. The van der Waals surface area contributed by atoms with Crippen molar-refractivity contribution in [1.82, 2.24) is 9.97 Å².